The van der Waals surface area contributed by atoms with E-state index in [2.05, 4.69) is 38.3 Å². The van der Waals surface area contributed by atoms with Gasteiger partial charge in [-0.1, -0.05) is 13.8 Å². The fourth-order valence-electron chi connectivity index (χ4n) is 1.44. The Morgan fingerprint density at radius 2 is 2.14 bits per heavy atom. The molecule has 0 aromatic heterocycles. The number of methoxy groups -OCH3 is 1. The molecule has 0 saturated heterocycles. The molecule has 0 amide bonds. The van der Waals surface area contributed by atoms with Crippen LogP contribution in [0.25, 0.3) is 0 Å². The van der Waals surface area contributed by atoms with E-state index in [0.717, 1.165) is 12.2 Å². The van der Waals surface area contributed by atoms with Crippen molar-refractivity contribution in [1.29, 1.82) is 0 Å². The minimum Gasteiger partial charge on any atom is -0.496 e. The van der Waals surface area contributed by atoms with Gasteiger partial charge in [0.25, 0.3) is 0 Å². The Morgan fingerprint density at radius 1 is 1.43 bits per heavy atom. The Bertz CT molecular complexity index is 296. The van der Waals surface area contributed by atoms with Crippen molar-refractivity contribution in [3.05, 3.63) is 23.8 Å². The number of hydrogen-bond acceptors (Lipinski definition) is 2. The molecule has 0 fully saturated rings. The molecule has 0 bridgehead atoms. The lowest BCUT2D eigenvalue weighted by Gasteiger charge is -2.14. The van der Waals surface area contributed by atoms with E-state index in [-0.39, 0.29) is 0 Å². The molecule has 1 unspecified atom stereocenters. The van der Waals surface area contributed by atoms with E-state index in [4.69, 9.17) is 4.74 Å². The van der Waals surface area contributed by atoms with Crippen LogP contribution < -0.4 is 4.74 Å². The van der Waals surface area contributed by atoms with E-state index >= 15 is 0 Å². The topological polar surface area (TPSA) is 9.23 Å². The van der Waals surface area contributed by atoms with Crippen LogP contribution in [0.15, 0.2) is 23.1 Å². The van der Waals surface area contributed by atoms with Gasteiger partial charge < -0.3 is 4.74 Å². The highest BCUT2D eigenvalue weighted by Gasteiger charge is 2.10. The van der Waals surface area contributed by atoms with Crippen LogP contribution in [-0.2, 0) is 0 Å². The molecule has 1 rings (SSSR count). The van der Waals surface area contributed by atoms with Gasteiger partial charge in [0.2, 0.25) is 0 Å². The third-order valence-electron chi connectivity index (χ3n) is 2.58. The minimum atomic E-state index is 0.567. The summed E-state index contributed by atoms with van der Waals surface area (Å²) in [5.41, 5.74) is 1.32. The first kappa shape index (κ1) is 11.4. The standard InChI is InChI=1S/C12H18OS/c1-5-9(2)11-8-10(14-4)6-7-12(11)13-3/h6-9H,5H2,1-4H3. The minimum absolute atomic E-state index is 0.567. The second-order valence-corrected chi connectivity index (χ2v) is 4.30. The molecule has 0 aliphatic carbocycles. The summed E-state index contributed by atoms with van der Waals surface area (Å²) in [4.78, 5) is 1.31. The zero-order valence-electron chi connectivity index (χ0n) is 9.33. The van der Waals surface area contributed by atoms with Crippen molar-refractivity contribution in [3.63, 3.8) is 0 Å². The maximum absolute atomic E-state index is 5.36. The molecule has 0 radical (unpaired) electrons. The zero-order valence-corrected chi connectivity index (χ0v) is 10.1. The van der Waals surface area contributed by atoms with Crippen LogP contribution in [0.5, 0.6) is 5.75 Å². The highest BCUT2D eigenvalue weighted by molar-refractivity contribution is 7.98. The molecule has 14 heavy (non-hydrogen) atoms. The first-order valence-electron chi connectivity index (χ1n) is 4.94. The second-order valence-electron chi connectivity index (χ2n) is 3.42. The molecule has 0 N–H and O–H groups in total. The fourth-order valence-corrected chi connectivity index (χ4v) is 1.89. The summed E-state index contributed by atoms with van der Waals surface area (Å²) < 4.78 is 5.36. The maximum Gasteiger partial charge on any atom is 0.122 e. The van der Waals surface area contributed by atoms with Gasteiger partial charge >= 0.3 is 0 Å². The molecule has 1 aromatic carbocycles. The smallest absolute Gasteiger partial charge is 0.122 e. The van der Waals surface area contributed by atoms with Crippen LogP contribution in [0.1, 0.15) is 31.7 Å². The van der Waals surface area contributed by atoms with Gasteiger partial charge in [0.15, 0.2) is 0 Å². The van der Waals surface area contributed by atoms with Crippen LogP contribution in [0.3, 0.4) is 0 Å². The zero-order chi connectivity index (χ0) is 10.6. The SMILES string of the molecule is CCC(C)c1cc(SC)ccc1OC. The number of rotatable bonds is 4. The Morgan fingerprint density at radius 3 is 2.64 bits per heavy atom. The summed E-state index contributed by atoms with van der Waals surface area (Å²) >= 11 is 1.77. The molecule has 0 aliphatic heterocycles. The van der Waals surface area contributed by atoms with Crippen molar-refractivity contribution in [3.8, 4) is 5.75 Å². The van der Waals surface area contributed by atoms with Crippen molar-refractivity contribution in [2.45, 2.75) is 31.1 Å². The first-order chi connectivity index (χ1) is 6.72. The number of thioether (sulfide) groups is 1. The van der Waals surface area contributed by atoms with E-state index < -0.39 is 0 Å². The number of hydrogen-bond donors (Lipinski definition) is 0. The van der Waals surface area contributed by atoms with Gasteiger partial charge in [-0.05, 0) is 42.4 Å². The van der Waals surface area contributed by atoms with Crippen LogP contribution in [0, 0.1) is 0 Å². The average Bonchev–Trinajstić information content (AvgIpc) is 2.27. The molecule has 1 atom stereocenters. The van der Waals surface area contributed by atoms with Gasteiger partial charge in [-0.3, -0.25) is 0 Å². The van der Waals surface area contributed by atoms with Crippen molar-refractivity contribution in [1.82, 2.24) is 0 Å². The lowest BCUT2D eigenvalue weighted by atomic mass is 9.98. The van der Waals surface area contributed by atoms with Crippen LogP contribution >= 0.6 is 11.8 Å². The summed E-state index contributed by atoms with van der Waals surface area (Å²) in [6.07, 6.45) is 3.25. The van der Waals surface area contributed by atoms with E-state index in [9.17, 15) is 0 Å². The molecule has 0 heterocycles. The van der Waals surface area contributed by atoms with Crippen molar-refractivity contribution >= 4 is 11.8 Å². The Labute approximate surface area is 90.9 Å². The normalized spacial score (nSPS) is 12.6. The van der Waals surface area contributed by atoms with E-state index in [1.807, 2.05) is 0 Å². The quantitative estimate of drug-likeness (QED) is 0.696. The first-order valence-corrected chi connectivity index (χ1v) is 6.17. The van der Waals surface area contributed by atoms with Gasteiger partial charge in [-0.25, -0.2) is 0 Å². The largest absolute Gasteiger partial charge is 0.496 e. The van der Waals surface area contributed by atoms with E-state index in [1.54, 1.807) is 18.9 Å². The summed E-state index contributed by atoms with van der Waals surface area (Å²) in [5.74, 6) is 1.58. The number of ether oxygens (including phenoxy) is 1. The summed E-state index contributed by atoms with van der Waals surface area (Å²) in [5, 5.41) is 0. The Hall–Kier alpha value is -0.630. The fraction of sp³-hybridized carbons (Fsp3) is 0.500. The lowest BCUT2D eigenvalue weighted by Crippen LogP contribution is -1.96. The van der Waals surface area contributed by atoms with Gasteiger partial charge in [0, 0.05) is 4.90 Å². The van der Waals surface area contributed by atoms with Crippen LogP contribution in [0.2, 0.25) is 0 Å². The van der Waals surface area contributed by atoms with Crippen molar-refractivity contribution in [2.75, 3.05) is 13.4 Å². The molecule has 0 spiro atoms. The van der Waals surface area contributed by atoms with Crippen molar-refractivity contribution in [2.24, 2.45) is 0 Å². The highest BCUT2D eigenvalue weighted by Crippen LogP contribution is 2.31. The van der Waals surface area contributed by atoms with Gasteiger partial charge in [-0.15, -0.1) is 11.8 Å². The summed E-state index contributed by atoms with van der Waals surface area (Å²) in [6, 6.07) is 6.40. The van der Waals surface area contributed by atoms with Gasteiger partial charge in [0.1, 0.15) is 5.75 Å². The average molecular weight is 210 g/mol. The molecule has 1 nitrogen and oxygen atoms in total. The lowest BCUT2D eigenvalue weighted by molar-refractivity contribution is 0.405. The highest BCUT2D eigenvalue weighted by atomic mass is 32.2. The monoisotopic (exact) mass is 210 g/mol. The van der Waals surface area contributed by atoms with Crippen LogP contribution in [0.4, 0.5) is 0 Å². The molecular weight excluding hydrogens is 192 g/mol. The maximum atomic E-state index is 5.36. The summed E-state index contributed by atoms with van der Waals surface area (Å²) in [6.45, 7) is 4.44. The predicted molar refractivity (Wildman–Crippen MR) is 63.5 cm³/mol. The molecule has 2 heteroatoms. The molecule has 0 aliphatic rings. The van der Waals surface area contributed by atoms with E-state index in [0.29, 0.717) is 5.92 Å². The van der Waals surface area contributed by atoms with Gasteiger partial charge in [0.05, 0.1) is 7.11 Å². The van der Waals surface area contributed by atoms with Crippen LogP contribution in [-0.4, -0.2) is 13.4 Å². The Balaban J connectivity index is 3.08. The molecule has 78 valence electrons. The van der Waals surface area contributed by atoms with Gasteiger partial charge in [-0.2, -0.15) is 0 Å². The molecule has 1 aromatic rings. The van der Waals surface area contributed by atoms with Crippen molar-refractivity contribution < 1.29 is 4.74 Å². The predicted octanol–water partition coefficient (Wildman–Crippen LogP) is 3.93. The second kappa shape index (κ2) is 5.30. The van der Waals surface area contributed by atoms with E-state index in [1.165, 1.54) is 10.5 Å². The molecular formula is C12H18OS. The Kier molecular flexibility index (Phi) is 4.33. The third kappa shape index (κ3) is 2.44. The summed E-state index contributed by atoms with van der Waals surface area (Å²) in [7, 11) is 1.74. The molecule has 0 saturated carbocycles. The number of benzene rings is 1. The third-order valence-corrected chi connectivity index (χ3v) is 3.31.